The molecule has 1 N–H and O–H groups in total. The Kier molecular flexibility index (Phi) is 7.82. The summed E-state index contributed by atoms with van der Waals surface area (Å²) in [5, 5.41) is 2.89. The average molecular weight is 471 g/mol. The molecule has 0 saturated heterocycles. The maximum absolute atomic E-state index is 13.1. The van der Waals surface area contributed by atoms with Crippen molar-refractivity contribution in [3.63, 3.8) is 0 Å². The van der Waals surface area contributed by atoms with E-state index in [1.807, 2.05) is 55.5 Å². The lowest BCUT2D eigenvalue weighted by atomic mass is 10.2. The Morgan fingerprint density at radius 1 is 1.00 bits per heavy atom. The number of benzene rings is 3. The number of amides is 1. The Bertz CT molecular complexity index is 1150. The van der Waals surface area contributed by atoms with E-state index >= 15 is 0 Å². The Morgan fingerprint density at radius 2 is 1.62 bits per heavy atom. The first-order chi connectivity index (χ1) is 15.3. The molecule has 3 rings (SSSR count). The van der Waals surface area contributed by atoms with E-state index < -0.39 is 22.0 Å². The van der Waals surface area contributed by atoms with Crippen molar-refractivity contribution in [2.75, 3.05) is 22.5 Å². The molecule has 0 spiro atoms. The molecule has 1 amide bonds. The highest BCUT2D eigenvalue weighted by molar-refractivity contribution is 7.99. The second kappa shape index (κ2) is 10.6. The van der Waals surface area contributed by atoms with Crippen LogP contribution in [0.4, 0.5) is 11.4 Å². The molecule has 0 aliphatic carbocycles. The van der Waals surface area contributed by atoms with Crippen molar-refractivity contribution in [1.29, 1.82) is 0 Å². The number of nitrogens with one attached hydrogen (secondary N) is 1. The van der Waals surface area contributed by atoms with E-state index in [-0.39, 0.29) is 0 Å². The zero-order chi connectivity index (χ0) is 23.1. The van der Waals surface area contributed by atoms with Crippen LogP contribution in [-0.2, 0) is 14.8 Å². The van der Waals surface area contributed by atoms with Crippen LogP contribution >= 0.6 is 11.8 Å². The van der Waals surface area contributed by atoms with Gasteiger partial charge in [-0.2, -0.15) is 0 Å². The molecule has 3 aromatic carbocycles. The molecule has 0 aromatic heterocycles. The van der Waals surface area contributed by atoms with E-state index in [4.69, 9.17) is 4.74 Å². The molecule has 168 valence electrons. The third kappa shape index (κ3) is 6.05. The van der Waals surface area contributed by atoms with Gasteiger partial charge >= 0.3 is 0 Å². The van der Waals surface area contributed by atoms with E-state index in [2.05, 4.69) is 5.32 Å². The van der Waals surface area contributed by atoms with Gasteiger partial charge in [0.2, 0.25) is 15.9 Å². The molecule has 0 aliphatic heterocycles. The monoisotopic (exact) mass is 470 g/mol. The zero-order valence-electron chi connectivity index (χ0n) is 18.2. The van der Waals surface area contributed by atoms with Crippen LogP contribution in [0.2, 0.25) is 0 Å². The van der Waals surface area contributed by atoms with Crippen molar-refractivity contribution in [2.24, 2.45) is 0 Å². The topological polar surface area (TPSA) is 75.7 Å². The number of para-hydroxylation sites is 1. The molecule has 6 nitrogen and oxygen atoms in total. The lowest BCUT2D eigenvalue weighted by molar-refractivity contribution is -0.116. The molecular weight excluding hydrogens is 444 g/mol. The van der Waals surface area contributed by atoms with Gasteiger partial charge < -0.3 is 10.1 Å². The van der Waals surface area contributed by atoms with E-state index in [0.29, 0.717) is 23.7 Å². The predicted octanol–water partition coefficient (Wildman–Crippen LogP) is 5.03. The van der Waals surface area contributed by atoms with Crippen LogP contribution in [0, 0.1) is 0 Å². The second-order valence-electron chi connectivity index (χ2n) is 7.06. The van der Waals surface area contributed by atoms with Gasteiger partial charge in [0.05, 0.1) is 24.2 Å². The van der Waals surface area contributed by atoms with Gasteiger partial charge in [0.15, 0.2) is 0 Å². The van der Waals surface area contributed by atoms with E-state index in [1.165, 1.54) is 11.8 Å². The number of carbonyl (C=O) groups excluding carboxylic acids is 1. The minimum atomic E-state index is -3.71. The first-order valence-corrected chi connectivity index (χ1v) is 12.8. The highest BCUT2D eigenvalue weighted by Gasteiger charge is 2.29. The fourth-order valence-electron chi connectivity index (χ4n) is 3.18. The summed E-state index contributed by atoms with van der Waals surface area (Å²) in [4.78, 5) is 15.0. The molecule has 8 heteroatoms. The van der Waals surface area contributed by atoms with Crippen LogP contribution in [0.25, 0.3) is 0 Å². The number of nitrogens with zero attached hydrogens (tertiary/aromatic N) is 1. The van der Waals surface area contributed by atoms with Gasteiger partial charge in [-0.05, 0) is 62.4 Å². The van der Waals surface area contributed by atoms with Crippen molar-refractivity contribution >= 4 is 39.1 Å². The number of anilines is 2. The van der Waals surface area contributed by atoms with Crippen LogP contribution in [0.5, 0.6) is 5.75 Å². The third-order valence-electron chi connectivity index (χ3n) is 4.61. The average Bonchev–Trinajstić information content (AvgIpc) is 2.76. The summed E-state index contributed by atoms with van der Waals surface area (Å²) in [6.07, 6.45) is 1.09. The second-order valence-corrected chi connectivity index (χ2v) is 10.0. The Balaban J connectivity index is 1.83. The summed E-state index contributed by atoms with van der Waals surface area (Å²) in [7, 11) is -3.71. The smallest absolute Gasteiger partial charge is 0.248 e. The highest BCUT2D eigenvalue weighted by Crippen LogP contribution is 2.33. The number of ether oxygens (including phenoxy) is 1. The SMILES string of the molecule is CCOc1ccc(N([C@@H](C)C(=O)Nc2ccccc2Sc2ccccc2)S(C)(=O)=O)cc1. The number of sulfonamides is 1. The molecule has 0 radical (unpaired) electrons. The summed E-state index contributed by atoms with van der Waals surface area (Å²) in [5.74, 6) is 0.207. The molecule has 0 heterocycles. The van der Waals surface area contributed by atoms with E-state index in [0.717, 1.165) is 20.4 Å². The van der Waals surface area contributed by atoms with Crippen LogP contribution in [0.1, 0.15) is 13.8 Å². The normalized spacial score (nSPS) is 12.1. The Morgan fingerprint density at radius 3 is 2.25 bits per heavy atom. The minimum absolute atomic E-state index is 0.394. The Labute approximate surface area is 193 Å². The Hall–Kier alpha value is -2.97. The minimum Gasteiger partial charge on any atom is -0.494 e. The number of carbonyl (C=O) groups is 1. The molecule has 1 atom stereocenters. The molecule has 0 bridgehead atoms. The van der Waals surface area contributed by atoms with Crippen LogP contribution in [0.3, 0.4) is 0 Å². The summed E-state index contributed by atoms with van der Waals surface area (Å²) in [6, 6.07) is 23.0. The lowest BCUT2D eigenvalue weighted by Gasteiger charge is -2.28. The highest BCUT2D eigenvalue weighted by atomic mass is 32.2. The molecular formula is C24H26N2O4S2. The first kappa shape index (κ1) is 23.7. The fourth-order valence-corrected chi connectivity index (χ4v) is 5.27. The first-order valence-electron chi connectivity index (χ1n) is 10.1. The van der Waals surface area contributed by atoms with E-state index in [9.17, 15) is 13.2 Å². The quantitative estimate of drug-likeness (QED) is 0.475. The standard InChI is InChI=1S/C24H26N2O4S2/c1-4-30-20-16-14-19(15-17-20)26(32(3,28)29)18(2)24(27)25-22-12-8-9-13-23(22)31-21-10-6-5-7-11-21/h5-18H,4H2,1-3H3,(H,25,27)/t18-/m0/s1. The van der Waals surface area contributed by atoms with Crippen LogP contribution < -0.4 is 14.4 Å². The molecule has 0 unspecified atom stereocenters. The summed E-state index contributed by atoms with van der Waals surface area (Å²) in [6.45, 7) is 3.95. The maximum Gasteiger partial charge on any atom is 0.248 e. The van der Waals surface area contributed by atoms with Crippen LogP contribution in [-0.4, -0.2) is 33.2 Å². The van der Waals surface area contributed by atoms with Gasteiger partial charge in [-0.1, -0.05) is 42.1 Å². The van der Waals surface area contributed by atoms with Crippen molar-refractivity contribution in [1.82, 2.24) is 0 Å². The number of hydrogen-bond donors (Lipinski definition) is 1. The van der Waals surface area contributed by atoms with Crippen molar-refractivity contribution in [2.45, 2.75) is 29.7 Å². The van der Waals surface area contributed by atoms with Crippen molar-refractivity contribution < 1.29 is 17.9 Å². The van der Waals surface area contributed by atoms with E-state index in [1.54, 1.807) is 37.3 Å². The molecule has 0 aliphatic rings. The lowest BCUT2D eigenvalue weighted by Crippen LogP contribution is -2.45. The molecule has 0 saturated carbocycles. The largest absolute Gasteiger partial charge is 0.494 e. The van der Waals surface area contributed by atoms with Crippen LogP contribution in [0.15, 0.2) is 88.7 Å². The molecule has 32 heavy (non-hydrogen) atoms. The van der Waals surface area contributed by atoms with Gasteiger partial charge in [-0.25, -0.2) is 8.42 Å². The molecule has 0 fully saturated rings. The van der Waals surface area contributed by atoms with Gasteiger partial charge in [0.25, 0.3) is 0 Å². The summed E-state index contributed by atoms with van der Waals surface area (Å²) >= 11 is 1.52. The summed E-state index contributed by atoms with van der Waals surface area (Å²) < 4.78 is 31.7. The third-order valence-corrected chi connectivity index (χ3v) is 6.93. The predicted molar refractivity (Wildman–Crippen MR) is 130 cm³/mol. The van der Waals surface area contributed by atoms with Gasteiger partial charge in [0.1, 0.15) is 11.8 Å². The van der Waals surface area contributed by atoms with Crippen molar-refractivity contribution in [3.8, 4) is 5.75 Å². The van der Waals surface area contributed by atoms with Gasteiger partial charge in [-0.3, -0.25) is 9.10 Å². The number of hydrogen-bond acceptors (Lipinski definition) is 5. The molecule has 3 aromatic rings. The van der Waals surface area contributed by atoms with Crippen molar-refractivity contribution in [3.05, 3.63) is 78.9 Å². The zero-order valence-corrected chi connectivity index (χ0v) is 19.8. The van der Waals surface area contributed by atoms with Gasteiger partial charge in [0, 0.05) is 9.79 Å². The van der Waals surface area contributed by atoms with Gasteiger partial charge in [-0.15, -0.1) is 0 Å². The fraction of sp³-hybridized carbons (Fsp3) is 0.208. The maximum atomic E-state index is 13.1. The summed E-state index contributed by atoms with van der Waals surface area (Å²) in [5.41, 5.74) is 1.02. The number of rotatable bonds is 9.